The first-order chi connectivity index (χ1) is 14.4. The largest absolute Gasteiger partial charge is 0.325 e. The zero-order valence-corrected chi connectivity index (χ0v) is 18.3. The van der Waals surface area contributed by atoms with Gasteiger partial charge in [-0.3, -0.25) is 4.79 Å². The molecule has 1 aliphatic carbocycles. The summed E-state index contributed by atoms with van der Waals surface area (Å²) in [5, 5.41) is 0. The van der Waals surface area contributed by atoms with Crippen LogP contribution in [0.25, 0.3) is 0 Å². The highest BCUT2D eigenvalue weighted by molar-refractivity contribution is 7.89. The quantitative estimate of drug-likeness (QED) is 0.776. The van der Waals surface area contributed by atoms with Gasteiger partial charge in [-0.05, 0) is 61.1 Å². The van der Waals surface area contributed by atoms with Crippen molar-refractivity contribution < 1.29 is 18.1 Å². The van der Waals surface area contributed by atoms with Gasteiger partial charge in [-0.2, -0.15) is 4.31 Å². The van der Waals surface area contributed by atoms with Crippen molar-refractivity contribution in [2.75, 3.05) is 44.7 Å². The van der Waals surface area contributed by atoms with Gasteiger partial charge in [-0.25, -0.2) is 8.42 Å². The molecule has 1 N–H and O–H groups in total. The molecule has 2 aromatic rings. The number of amides is 1. The first-order valence-corrected chi connectivity index (χ1v) is 12.2. The third-order valence-electron chi connectivity index (χ3n) is 6.31. The number of sulfonamides is 1. The molecule has 160 valence electrons. The molecule has 0 unspecified atom stereocenters. The van der Waals surface area contributed by atoms with Crippen LogP contribution < -0.4 is 9.80 Å². The van der Waals surface area contributed by atoms with Crippen molar-refractivity contribution in [3.8, 4) is 0 Å². The van der Waals surface area contributed by atoms with Crippen molar-refractivity contribution in [2.24, 2.45) is 0 Å². The number of aryl methyl sites for hydroxylation is 2. The van der Waals surface area contributed by atoms with Crippen LogP contribution in [0, 0.1) is 0 Å². The van der Waals surface area contributed by atoms with Crippen molar-refractivity contribution >= 4 is 21.6 Å². The number of benzene rings is 2. The zero-order valence-electron chi connectivity index (χ0n) is 17.5. The molecule has 1 amide bonds. The van der Waals surface area contributed by atoms with Crippen LogP contribution in [0.2, 0.25) is 0 Å². The third kappa shape index (κ3) is 4.43. The summed E-state index contributed by atoms with van der Waals surface area (Å²) in [7, 11) is -1.70. The van der Waals surface area contributed by atoms with E-state index in [9.17, 15) is 13.2 Å². The first kappa shape index (κ1) is 21.0. The molecule has 1 heterocycles. The average Bonchev–Trinajstić information content (AvgIpc) is 2.79. The van der Waals surface area contributed by atoms with Crippen LogP contribution in [0.15, 0.2) is 53.4 Å². The molecule has 1 fully saturated rings. The minimum Gasteiger partial charge on any atom is -0.325 e. The van der Waals surface area contributed by atoms with Gasteiger partial charge in [0.05, 0.1) is 31.1 Å². The van der Waals surface area contributed by atoms with Gasteiger partial charge in [-0.15, -0.1) is 0 Å². The molecule has 0 bridgehead atoms. The molecule has 0 aromatic heterocycles. The standard InChI is InChI=1S/C23H29N3O3S/c1-24(21-9-3-2-4-10-21)23(27)18-25-13-15-26(16-14-25)30(28,29)22-12-11-19-7-5-6-8-20(19)17-22/h2-4,9-12,17H,5-8,13-16,18H2,1H3/p+1. The van der Waals surface area contributed by atoms with E-state index in [0.717, 1.165) is 29.8 Å². The summed E-state index contributed by atoms with van der Waals surface area (Å²) in [5.74, 6) is 0.0437. The number of hydrogen-bond donors (Lipinski definition) is 1. The Morgan fingerprint density at radius 1 is 1.00 bits per heavy atom. The zero-order chi connectivity index (χ0) is 21.1. The van der Waals surface area contributed by atoms with Gasteiger partial charge in [-0.1, -0.05) is 24.3 Å². The van der Waals surface area contributed by atoms with E-state index in [4.69, 9.17) is 0 Å². The van der Waals surface area contributed by atoms with E-state index in [1.807, 2.05) is 42.5 Å². The second kappa shape index (κ2) is 8.88. The maximum absolute atomic E-state index is 13.1. The number of rotatable bonds is 5. The summed E-state index contributed by atoms with van der Waals surface area (Å²) in [5.41, 5.74) is 3.34. The Bertz CT molecular complexity index is 1000. The minimum absolute atomic E-state index is 0.0437. The Hall–Kier alpha value is -2.22. The highest BCUT2D eigenvalue weighted by atomic mass is 32.2. The van der Waals surface area contributed by atoms with Gasteiger partial charge < -0.3 is 9.80 Å². The van der Waals surface area contributed by atoms with Crippen LogP contribution >= 0.6 is 0 Å². The van der Waals surface area contributed by atoms with Gasteiger partial charge in [0.1, 0.15) is 0 Å². The van der Waals surface area contributed by atoms with E-state index < -0.39 is 10.0 Å². The van der Waals surface area contributed by atoms with Crippen molar-refractivity contribution in [1.29, 1.82) is 0 Å². The summed E-state index contributed by atoms with van der Waals surface area (Å²) in [4.78, 5) is 15.8. The molecule has 30 heavy (non-hydrogen) atoms. The summed E-state index contributed by atoms with van der Waals surface area (Å²) in [6, 6.07) is 15.2. The molecule has 0 saturated carbocycles. The van der Waals surface area contributed by atoms with E-state index in [2.05, 4.69) is 0 Å². The lowest BCUT2D eigenvalue weighted by Gasteiger charge is -2.32. The molecule has 0 radical (unpaired) electrons. The Kier molecular flexibility index (Phi) is 6.22. The Morgan fingerprint density at radius 2 is 1.67 bits per heavy atom. The van der Waals surface area contributed by atoms with Crippen LogP contribution in [-0.2, 0) is 27.7 Å². The fourth-order valence-corrected chi connectivity index (χ4v) is 5.86. The Balaban J connectivity index is 1.36. The molecular weight excluding hydrogens is 398 g/mol. The van der Waals surface area contributed by atoms with Gasteiger partial charge >= 0.3 is 0 Å². The fourth-order valence-electron chi connectivity index (χ4n) is 4.37. The lowest BCUT2D eigenvalue weighted by atomic mass is 9.92. The van der Waals surface area contributed by atoms with Crippen LogP contribution in [0.3, 0.4) is 0 Å². The van der Waals surface area contributed by atoms with E-state index in [-0.39, 0.29) is 5.91 Å². The topological polar surface area (TPSA) is 62.1 Å². The van der Waals surface area contributed by atoms with Crippen LogP contribution in [0.4, 0.5) is 5.69 Å². The lowest BCUT2D eigenvalue weighted by Crippen LogP contribution is -3.15. The lowest BCUT2D eigenvalue weighted by molar-refractivity contribution is -0.895. The number of nitrogens with zero attached hydrogens (tertiary/aromatic N) is 2. The van der Waals surface area contributed by atoms with Crippen molar-refractivity contribution in [1.82, 2.24) is 4.31 Å². The highest BCUT2D eigenvalue weighted by Gasteiger charge is 2.32. The van der Waals surface area contributed by atoms with E-state index in [1.165, 1.54) is 17.5 Å². The van der Waals surface area contributed by atoms with Crippen molar-refractivity contribution in [2.45, 2.75) is 30.6 Å². The highest BCUT2D eigenvalue weighted by Crippen LogP contribution is 2.25. The third-order valence-corrected chi connectivity index (χ3v) is 8.20. The summed E-state index contributed by atoms with van der Waals surface area (Å²) in [6.45, 7) is 2.53. The Labute approximate surface area is 179 Å². The van der Waals surface area contributed by atoms with Gasteiger partial charge in [0.25, 0.3) is 5.91 Å². The number of fused-ring (bicyclic) bond motifs is 1. The second-order valence-corrected chi connectivity index (χ2v) is 10.2. The number of carbonyl (C=O) groups excluding carboxylic acids is 1. The minimum atomic E-state index is -3.48. The smallest absolute Gasteiger partial charge is 0.281 e. The molecule has 6 nitrogen and oxygen atoms in total. The fraction of sp³-hybridized carbons (Fsp3) is 0.435. The molecule has 0 atom stereocenters. The number of hydrogen-bond acceptors (Lipinski definition) is 3. The van der Waals surface area contributed by atoms with Crippen molar-refractivity contribution in [3.05, 3.63) is 59.7 Å². The molecule has 1 aliphatic heterocycles. The second-order valence-electron chi connectivity index (χ2n) is 8.26. The predicted molar refractivity (Wildman–Crippen MR) is 117 cm³/mol. The van der Waals surface area contributed by atoms with Crippen LogP contribution in [0.5, 0.6) is 0 Å². The monoisotopic (exact) mass is 428 g/mol. The number of piperazine rings is 1. The predicted octanol–water partition coefficient (Wildman–Crippen LogP) is 1.12. The van der Waals surface area contributed by atoms with Crippen molar-refractivity contribution in [3.63, 3.8) is 0 Å². The van der Waals surface area contributed by atoms with E-state index in [1.54, 1.807) is 22.3 Å². The van der Waals surface area contributed by atoms with Crippen LogP contribution in [0.1, 0.15) is 24.0 Å². The molecule has 0 spiro atoms. The number of nitrogens with one attached hydrogen (secondary N) is 1. The molecule has 2 aliphatic rings. The number of carbonyl (C=O) groups is 1. The summed E-state index contributed by atoms with van der Waals surface area (Å²) in [6.07, 6.45) is 4.32. The van der Waals surface area contributed by atoms with Gasteiger partial charge in [0.15, 0.2) is 6.54 Å². The first-order valence-electron chi connectivity index (χ1n) is 10.7. The van der Waals surface area contributed by atoms with Crippen LogP contribution in [-0.4, -0.2) is 58.4 Å². The normalized spacial score (nSPS) is 18.0. The molecule has 7 heteroatoms. The van der Waals surface area contributed by atoms with E-state index in [0.29, 0.717) is 37.6 Å². The molecule has 4 rings (SSSR count). The number of para-hydroxylation sites is 1. The average molecular weight is 429 g/mol. The molecule has 2 aromatic carbocycles. The summed E-state index contributed by atoms with van der Waals surface area (Å²) < 4.78 is 27.8. The summed E-state index contributed by atoms with van der Waals surface area (Å²) >= 11 is 0. The Morgan fingerprint density at radius 3 is 2.37 bits per heavy atom. The van der Waals surface area contributed by atoms with Gasteiger partial charge in [0.2, 0.25) is 10.0 Å². The number of anilines is 1. The SMILES string of the molecule is CN(C(=O)C[NH+]1CCN(S(=O)(=O)c2ccc3c(c2)CCCC3)CC1)c1ccccc1. The maximum Gasteiger partial charge on any atom is 0.281 e. The molecular formula is C23H30N3O3S+. The number of quaternary nitrogens is 1. The van der Waals surface area contributed by atoms with Gasteiger partial charge in [0, 0.05) is 12.7 Å². The number of likely N-dealkylation sites (N-methyl/N-ethyl adjacent to an activating group) is 1. The molecule has 1 saturated heterocycles. The maximum atomic E-state index is 13.1. The van der Waals surface area contributed by atoms with E-state index >= 15 is 0 Å².